The summed E-state index contributed by atoms with van der Waals surface area (Å²) in [6.07, 6.45) is 18.9. The summed E-state index contributed by atoms with van der Waals surface area (Å²) in [7, 11) is 0. The Morgan fingerprint density at radius 3 is 0.952 bits per heavy atom. The monoisotopic (exact) mass is 338 g/mol. The molecule has 21 heavy (non-hydrogen) atoms. The molecule has 0 aromatic carbocycles. The van der Waals surface area contributed by atoms with Crippen LogP contribution in [0, 0.1) is 13.8 Å². The van der Waals surface area contributed by atoms with Gasteiger partial charge in [-0.3, -0.25) is 0 Å². The molecule has 0 rings (SSSR count). The minimum absolute atomic E-state index is 0. The van der Waals surface area contributed by atoms with E-state index in [1.54, 1.807) is 0 Å². The molecule has 0 bridgehead atoms. The van der Waals surface area contributed by atoms with Gasteiger partial charge in [0.05, 0.1) is 0 Å². The molecule has 0 heterocycles. The fourth-order valence-corrected chi connectivity index (χ4v) is 1.91. The van der Waals surface area contributed by atoms with Crippen LogP contribution in [0.4, 0.5) is 0 Å². The van der Waals surface area contributed by atoms with Crippen molar-refractivity contribution in [2.45, 2.75) is 104 Å². The van der Waals surface area contributed by atoms with Gasteiger partial charge in [-0.1, -0.05) is 90.9 Å². The molecule has 0 aromatic rings. The third-order valence-electron chi connectivity index (χ3n) is 3.21. The Bertz CT molecular complexity index is 95.8. The van der Waals surface area contributed by atoms with Crippen LogP contribution in [0.2, 0.25) is 0 Å². The van der Waals surface area contributed by atoms with Crippen LogP contribution < -0.4 is 0 Å². The van der Waals surface area contributed by atoms with Gasteiger partial charge in [-0.2, -0.15) is 12.8 Å². The molecule has 0 spiro atoms. The van der Waals surface area contributed by atoms with E-state index < -0.39 is 0 Å². The summed E-state index contributed by atoms with van der Waals surface area (Å²) in [6.45, 7) is 12.1. The zero-order valence-electron chi connectivity index (χ0n) is 14.8. The maximum Gasteiger partial charge on any atom is 2.00 e. The van der Waals surface area contributed by atoms with E-state index in [-0.39, 0.29) is 32.7 Å². The standard InChI is InChI=1S/2C9H19.2H2O.Ti/c2*1-3-5-7-9-8-6-4-2;;;/h2*1,3-9H2,2H3;2*1H2;/q2*-1;;;+2. The number of hydrogen-bond acceptors (Lipinski definition) is 0. The third kappa shape index (κ3) is 44.9. The Morgan fingerprint density at radius 2 is 0.714 bits per heavy atom. The molecule has 0 amide bonds. The molecule has 0 aliphatic carbocycles. The smallest absolute Gasteiger partial charge is 0.412 e. The zero-order chi connectivity index (χ0) is 13.9. The summed E-state index contributed by atoms with van der Waals surface area (Å²) < 4.78 is 0. The normalized spacial score (nSPS) is 8.57. The molecule has 0 atom stereocenters. The molecule has 2 nitrogen and oxygen atoms in total. The van der Waals surface area contributed by atoms with Gasteiger partial charge < -0.3 is 24.8 Å². The minimum atomic E-state index is 0. The largest absolute Gasteiger partial charge is 2.00 e. The first-order valence-corrected chi connectivity index (χ1v) is 8.41. The Labute approximate surface area is 150 Å². The molecule has 0 aromatic heterocycles. The predicted octanol–water partition coefficient (Wildman–Crippen LogP) is 5.49. The van der Waals surface area contributed by atoms with Crippen LogP contribution in [0.3, 0.4) is 0 Å². The predicted molar refractivity (Wildman–Crippen MR) is 93.9 cm³/mol. The van der Waals surface area contributed by atoms with Crippen LogP contribution >= 0.6 is 0 Å². The zero-order valence-corrected chi connectivity index (χ0v) is 16.4. The molecular formula is C18H42O2Ti. The quantitative estimate of drug-likeness (QED) is 0.257. The average Bonchev–Trinajstić information content (AvgIpc) is 2.39. The molecule has 0 fully saturated rings. The van der Waals surface area contributed by atoms with Crippen LogP contribution in [0.5, 0.6) is 0 Å². The van der Waals surface area contributed by atoms with Gasteiger partial charge in [0.15, 0.2) is 0 Å². The van der Waals surface area contributed by atoms with Gasteiger partial charge in [0.2, 0.25) is 0 Å². The van der Waals surface area contributed by atoms with Crippen molar-refractivity contribution in [3.05, 3.63) is 13.8 Å². The SMILES string of the molecule is O.O.[CH2-]CCCCCCCC.[CH2-]CCCCCCCC.[Ti+2]. The summed E-state index contributed by atoms with van der Waals surface area (Å²) >= 11 is 0. The van der Waals surface area contributed by atoms with Gasteiger partial charge in [0.25, 0.3) is 0 Å². The molecule has 0 unspecified atom stereocenters. The molecule has 3 heteroatoms. The number of unbranched alkanes of at least 4 members (excludes halogenated alkanes) is 12. The molecular weight excluding hydrogens is 296 g/mol. The molecule has 0 saturated carbocycles. The second-order valence-corrected chi connectivity index (χ2v) is 5.24. The van der Waals surface area contributed by atoms with E-state index in [4.69, 9.17) is 0 Å². The van der Waals surface area contributed by atoms with Gasteiger partial charge in [0.1, 0.15) is 0 Å². The van der Waals surface area contributed by atoms with Crippen molar-refractivity contribution in [2.24, 2.45) is 0 Å². The van der Waals surface area contributed by atoms with Crippen molar-refractivity contribution < 1.29 is 32.7 Å². The third-order valence-corrected chi connectivity index (χ3v) is 3.21. The molecule has 4 N–H and O–H groups in total. The molecule has 0 aliphatic rings. The summed E-state index contributed by atoms with van der Waals surface area (Å²) in [5, 5.41) is 0. The van der Waals surface area contributed by atoms with E-state index in [1.807, 2.05) is 0 Å². The minimum Gasteiger partial charge on any atom is -0.412 e. The van der Waals surface area contributed by atoms with Crippen molar-refractivity contribution in [1.82, 2.24) is 0 Å². The van der Waals surface area contributed by atoms with Crippen LogP contribution in [0.1, 0.15) is 104 Å². The maximum absolute atomic E-state index is 3.80. The second kappa shape index (κ2) is 37.1. The maximum atomic E-state index is 3.80. The van der Waals surface area contributed by atoms with E-state index in [9.17, 15) is 0 Å². The summed E-state index contributed by atoms with van der Waals surface area (Å²) in [5.74, 6) is 0. The van der Waals surface area contributed by atoms with Crippen molar-refractivity contribution in [1.29, 1.82) is 0 Å². The van der Waals surface area contributed by atoms with E-state index in [0.717, 1.165) is 12.8 Å². The Kier molecular flexibility index (Phi) is 58.9. The molecule has 0 radical (unpaired) electrons. The Balaban J connectivity index is -0.0000000711. The van der Waals surface area contributed by atoms with Crippen molar-refractivity contribution >= 4 is 0 Å². The van der Waals surface area contributed by atoms with Gasteiger partial charge >= 0.3 is 21.7 Å². The summed E-state index contributed by atoms with van der Waals surface area (Å²) in [5.41, 5.74) is 0. The van der Waals surface area contributed by atoms with Crippen molar-refractivity contribution in [3.8, 4) is 0 Å². The van der Waals surface area contributed by atoms with E-state index >= 15 is 0 Å². The topological polar surface area (TPSA) is 63.0 Å². The van der Waals surface area contributed by atoms with Crippen LogP contribution in [-0.4, -0.2) is 11.0 Å². The van der Waals surface area contributed by atoms with Crippen LogP contribution in [0.15, 0.2) is 0 Å². The Hall–Kier alpha value is 0.634. The number of hydrogen-bond donors (Lipinski definition) is 0. The van der Waals surface area contributed by atoms with Gasteiger partial charge in [-0.25, -0.2) is 0 Å². The van der Waals surface area contributed by atoms with E-state index in [2.05, 4.69) is 27.7 Å². The van der Waals surface area contributed by atoms with Crippen molar-refractivity contribution in [2.75, 3.05) is 0 Å². The fourth-order valence-electron chi connectivity index (χ4n) is 1.91. The van der Waals surface area contributed by atoms with Gasteiger partial charge in [-0.15, -0.1) is 0 Å². The van der Waals surface area contributed by atoms with Gasteiger partial charge in [0, 0.05) is 0 Å². The summed E-state index contributed by atoms with van der Waals surface area (Å²) in [6, 6.07) is 0. The second-order valence-electron chi connectivity index (χ2n) is 5.24. The van der Waals surface area contributed by atoms with Crippen LogP contribution in [-0.2, 0) is 21.7 Å². The van der Waals surface area contributed by atoms with Crippen LogP contribution in [0.25, 0.3) is 0 Å². The molecule has 0 saturated heterocycles. The Morgan fingerprint density at radius 1 is 0.476 bits per heavy atom. The first-order valence-electron chi connectivity index (χ1n) is 8.41. The summed E-state index contributed by atoms with van der Waals surface area (Å²) in [4.78, 5) is 0. The molecule has 130 valence electrons. The van der Waals surface area contributed by atoms with Gasteiger partial charge in [-0.05, 0) is 0 Å². The first-order chi connectivity index (χ1) is 8.83. The van der Waals surface area contributed by atoms with E-state index in [0.29, 0.717) is 0 Å². The first kappa shape index (κ1) is 33.3. The van der Waals surface area contributed by atoms with E-state index in [1.165, 1.54) is 77.0 Å². The van der Waals surface area contributed by atoms with Crippen molar-refractivity contribution in [3.63, 3.8) is 0 Å². The molecule has 0 aliphatic heterocycles. The average molecular weight is 338 g/mol. The fraction of sp³-hybridized carbons (Fsp3) is 0.889. The number of rotatable bonds is 12.